The van der Waals surface area contributed by atoms with E-state index in [-0.39, 0.29) is 18.4 Å². The van der Waals surface area contributed by atoms with Gasteiger partial charge in [-0.3, -0.25) is 9.59 Å². The van der Waals surface area contributed by atoms with Crippen LogP contribution >= 0.6 is 11.8 Å². The summed E-state index contributed by atoms with van der Waals surface area (Å²) < 4.78 is 39.2. The van der Waals surface area contributed by atoms with Crippen LogP contribution in [0.25, 0.3) is 0 Å². The van der Waals surface area contributed by atoms with Crippen molar-refractivity contribution >= 4 is 29.3 Å². The molecular formula is C29H27F3N2O2S. The van der Waals surface area contributed by atoms with E-state index in [9.17, 15) is 22.8 Å². The smallest absolute Gasteiger partial charge is 0.338 e. The summed E-state index contributed by atoms with van der Waals surface area (Å²) in [5.74, 6) is 0.495. The zero-order valence-corrected chi connectivity index (χ0v) is 21.4. The molecule has 0 saturated carbocycles. The maximum atomic E-state index is 13.7. The van der Waals surface area contributed by atoms with Crippen LogP contribution in [0.4, 0.5) is 18.9 Å². The van der Waals surface area contributed by atoms with E-state index in [0.29, 0.717) is 47.3 Å². The Morgan fingerprint density at radius 2 is 1.62 bits per heavy atom. The molecule has 0 aromatic heterocycles. The molecule has 2 aliphatic rings. The Morgan fingerprint density at radius 1 is 0.946 bits per heavy atom. The number of anilines is 1. The van der Waals surface area contributed by atoms with Gasteiger partial charge < -0.3 is 9.80 Å². The van der Waals surface area contributed by atoms with Crippen LogP contribution in [0, 0.1) is 11.8 Å². The lowest BCUT2D eigenvalue weighted by atomic mass is 9.91. The number of fused-ring (bicyclic) bond motifs is 2. The first-order valence-corrected chi connectivity index (χ1v) is 13.1. The van der Waals surface area contributed by atoms with Crippen molar-refractivity contribution in [1.29, 1.82) is 0 Å². The van der Waals surface area contributed by atoms with Crippen molar-refractivity contribution in [3.05, 3.63) is 89.0 Å². The molecule has 0 radical (unpaired) electrons. The number of piperidine rings is 1. The average molecular weight is 525 g/mol. The third-order valence-electron chi connectivity index (χ3n) is 6.86. The van der Waals surface area contributed by atoms with Crippen LogP contribution in [0.15, 0.2) is 76.5 Å². The highest BCUT2D eigenvalue weighted by Gasteiger charge is 2.32. The molecule has 2 heterocycles. The van der Waals surface area contributed by atoms with Gasteiger partial charge in [-0.25, -0.2) is 0 Å². The van der Waals surface area contributed by atoms with Crippen LogP contribution in [0.1, 0.15) is 52.1 Å². The van der Waals surface area contributed by atoms with E-state index in [0.717, 1.165) is 28.3 Å². The van der Waals surface area contributed by atoms with Crippen molar-refractivity contribution in [2.45, 2.75) is 42.8 Å². The minimum atomic E-state index is -4.43. The fourth-order valence-electron chi connectivity index (χ4n) is 5.20. The first-order valence-electron chi connectivity index (χ1n) is 12.3. The van der Waals surface area contributed by atoms with E-state index in [1.54, 1.807) is 29.2 Å². The van der Waals surface area contributed by atoms with Gasteiger partial charge in [-0.1, -0.05) is 49.9 Å². The second-order valence-corrected chi connectivity index (χ2v) is 11.1. The van der Waals surface area contributed by atoms with Gasteiger partial charge >= 0.3 is 6.18 Å². The second kappa shape index (κ2) is 9.89. The monoisotopic (exact) mass is 524 g/mol. The highest BCUT2D eigenvalue weighted by atomic mass is 32.2. The summed E-state index contributed by atoms with van der Waals surface area (Å²) >= 11 is 1.45. The highest BCUT2D eigenvalue weighted by molar-refractivity contribution is 7.99. The number of rotatable bonds is 3. The van der Waals surface area contributed by atoms with Gasteiger partial charge in [0.1, 0.15) is 0 Å². The molecule has 0 spiro atoms. The van der Waals surface area contributed by atoms with Gasteiger partial charge in [-0.15, -0.1) is 0 Å². The number of likely N-dealkylation sites (tertiary alicyclic amines) is 1. The SMILES string of the molecule is C[C@@H]1C[C@H](C)CN(C(=O)c2ccc3c(c2)N(Cc2ccc(C(F)(F)F)cc2)C(=O)c2ccccc2S3)C1. The number of halogens is 3. The number of alkyl halides is 3. The molecule has 2 aliphatic heterocycles. The van der Waals surface area contributed by atoms with Gasteiger partial charge in [0.05, 0.1) is 23.4 Å². The Balaban J connectivity index is 1.53. The largest absolute Gasteiger partial charge is 0.416 e. The van der Waals surface area contributed by atoms with Gasteiger partial charge in [-0.05, 0) is 66.3 Å². The molecule has 0 aliphatic carbocycles. The molecule has 5 rings (SSSR count). The minimum Gasteiger partial charge on any atom is -0.338 e. The number of hydrogen-bond donors (Lipinski definition) is 0. The van der Waals surface area contributed by atoms with Crippen LogP contribution in [-0.4, -0.2) is 29.8 Å². The second-order valence-electron chi connectivity index (χ2n) is 10.0. The molecule has 192 valence electrons. The van der Waals surface area contributed by atoms with Gasteiger partial charge in [0.2, 0.25) is 0 Å². The van der Waals surface area contributed by atoms with E-state index in [2.05, 4.69) is 13.8 Å². The number of hydrogen-bond acceptors (Lipinski definition) is 3. The molecule has 2 atom stereocenters. The maximum Gasteiger partial charge on any atom is 0.416 e. The van der Waals surface area contributed by atoms with Crippen molar-refractivity contribution < 1.29 is 22.8 Å². The lowest BCUT2D eigenvalue weighted by Crippen LogP contribution is -2.42. The van der Waals surface area contributed by atoms with Crippen molar-refractivity contribution in [2.24, 2.45) is 11.8 Å². The molecule has 4 nitrogen and oxygen atoms in total. The lowest BCUT2D eigenvalue weighted by Gasteiger charge is -2.35. The fourth-order valence-corrected chi connectivity index (χ4v) is 6.26. The molecule has 3 aromatic rings. The van der Waals surface area contributed by atoms with Crippen LogP contribution in [0.3, 0.4) is 0 Å². The predicted octanol–water partition coefficient (Wildman–Crippen LogP) is 7.14. The van der Waals surface area contributed by atoms with E-state index in [4.69, 9.17) is 0 Å². The third kappa shape index (κ3) is 5.25. The minimum absolute atomic E-state index is 0.0742. The Morgan fingerprint density at radius 3 is 2.30 bits per heavy atom. The van der Waals surface area contributed by atoms with Crippen molar-refractivity contribution in [2.75, 3.05) is 18.0 Å². The highest BCUT2D eigenvalue weighted by Crippen LogP contribution is 2.42. The third-order valence-corrected chi connectivity index (χ3v) is 8.00. The van der Waals surface area contributed by atoms with Crippen molar-refractivity contribution in [3.63, 3.8) is 0 Å². The quantitative estimate of drug-likeness (QED) is 0.366. The Bertz CT molecular complexity index is 1330. The molecule has 0 N–H and O–H groups in total. The summed E-state index contributed by atoms with van der Waals surface area (Å²) in [7, 11) is 0. The molecular weight excluding hydrogens is 497 g/mol. The Labute approximate surface area is 218 Å². The standard InChI is InChI=1S/C29H27F3N2O2S/c1-18-13-19(2)16-33(15-18)27(35)21-9-12-26-24(14-21)34(28(36)23-5-3-4-6-25(23)37-26)17-20-7-10-22(11-8-20)29(30,31)32/h3-12,14,18-19H,13,15-17H2,1-2H3/t18-,19+. The molecule has 37 heavy (non-hydrogen) atoms. The summed E-state index contributed by atoms with van der Waals surface area (Å²) in [6, 6.07) is 17.5. The molecule has 0 bridgehead atoms. The van der Waals surface area contributed by atoms with Gasteiger partial charge in [-0.2, -0.15) is 13.2 Å². The molecule has 2 amide bonds. The summed E-state index contributed by atoms with van der Waals surface area (Å²) in [4.78, 5) is 32.2. The number of benzene rings is 3. The van der Waals surface area contributed by atoms with Crippen molar-refractivity contribution in [1.82, 2.24) is 4.90 Å². The first-order chi connectivity index (χ1) is 17.6. The van der Waals surface area contributed by atoms with Crippen LogP contribution in [0.2, 0.25) is 0 Å². The molecule has 1 fully saturated rings. The number of amides is 2. The maximum absolute atomic E-state index is 13.7. The van der Waals surface area contributed by atoms with E-state index in [1.165, 1.54) is 23.9 Å². The van der Waals surface area contributed by atoms with Crippen molar-refractivity contribution in [3.8, 4) is 0 Å². The summed E-state index contributed by atoms with van der Waals surface area (Å²) in [6.07, 6.45) is -3.35. The summed E-state index contributed by atoms with van der Waals surface area (Å²) in [6.45, 7) is 5.74. The topological polar surface area (TPSA) is 40.6 Å². The average Bonchev–Trinajstić information content (AvgIpc) is 2.97. The normalized spacial score (nSPS) is 19.8. The predicted molar refractivity (Wildman–Crippen MR) is 138 cm³/mol. The van der Waals surface area contributed by atoms with Gasteiger partial charge in [0.25, 0.3) is 11.8 Å². The fraction of sp³-hybridized carbons (Fsp3) is 0.310. The molecule has 3 aromatic carbocycles. The number of carbonyl (C=O) groups is 2. The van der Waals surface area contributed by atoms with Crippen LogP contribution in [0.5, 0.6) is 0 Å². The van der Waals surface area contributed by atoms with Crippen LogP contribution < -0.4 is 4.90 Å². The van der Waals surface area contributed by atoms with E-state index < -0.39 is 11.7 Å². The Kier molecular flexibility index (Phi) is 6.79. The van der Waals surface area contributed by atoms with E-state index in [1.807, 2.05) is 23.1 Å². The van der Waals surface area contributed by atoms with E-state index >= 15 is 0 Å². The molecule has 1 saturated heterocycles. The summed E-state index contributed by atoms with van der Waals surface area (Å²) in [5, 5.41) is 0. The zero-order chi connectivity index (χ0) is 26.3. The Hall–Kier alpha value is -3.26. The lowest BCUT2D eigenvalue weighted by molar-refractivity contribution is -0.137. The summed E-state index contributed by atoms with van der Waals surface area (Å²) in [5.41, 5.74) is 1.42. The number of carbonyl (C=O) groups excluding carboxylic acids is 2. The number of nitrogens with zero attached hydrogens (tertiary/aromatic N) is 2. The zero-order valence-electron chi connectivity index (χ0n) is 20.6. The van der Waals surface area contributed by atoms with Gasteiger partial charge in [0, 0.05) is 28.4 Å². The van der Waals surface area contributed by atoms with Crippen LogP contribution in [-0.2, 0) is 12.7 Å². The molecule has 8 heteroatoms. The first kappa shape index (κ1) is 25.4. The van der Waals surface area contributed by atoms with Gasteiger partial charge in [0.15, 0.2) is 0 Å². The molecule has 0 unspecified atom stereocenters.